The number of nitriles is 1. The molecule has 1 aromatic carbocycles. The van der Waals surface area contributed by atoms with Crippen LogP contribution in [-0.2, 0) is 9.53 Å². The van der Waals surface area contributed by atoms with Crippen LogP contribution >= 0.6 is 0 Å². The molecule has 1 N–H and O–H groups in total. The monoisotopic (exact) mass is 322 g/mol. The Morgan fingerprint density at radius 2 is 2.21 bits per heavy atom. The molecule has 0 unspecified atom stereocenters. The molecule has 0 aliphatic heterocycles. The summed E-state index contributed by atoms with van der Waals surface area (Å²) in [5.74, 6) is 0.260. The van der Waals surface area contributed by atoms with E-state index in [-0.39, 0.29) is 12.3 Å². The van der Waals surface area contributed by atoms with Crippen molar-refractivity contribution in [3.8, 4) is 6.07 Å². The van der Waals surface area contributed by atoms with Crippen LogP contribution in [0.5, 0.6) is 0 Å². The van der Waals surface area contributed by atoms with Crippen molar-refractivity contribution in [2.24, 2.45) is 0 Å². The molecule has 0 fully saturated rings. The number of ether oxygens (including phenoxy) is 1. The Kier molecular flexibility index (Phi) is 3.96. The zero-order valence-corrected chi connectivity index (χ0v) is 13.8. The molecular weight excluding hydrogens is 304 g/mol. The van der Waals surface area contributed by atoms with Crippen LogP contribution in [0.2, 0.25) is 0 Å². The minimum atomic E-state index is -0.551. The maximum absolute atomic E-state index is 12.3. The molecule has 0 atom stereocenters. The van der Waals surface area contributed by atoms with Crippen LogP contribution in [0.15, 0.2) is 36.4 Å². The Balaban J connectivity index is 1.98. The Labute approximate surface area is 140 Å². The van der Waals surface area contributed by atoms with Crippen LogP contribution in [0.4, 0.5) is 5.95 Å². The standard InChI is InChI=1S/C18H18N4O2/c1-18(2,24-3)10-16(23)21-17-20-14-8-7-12(11-19)9-15(14)22(17)13-5-4-6-13/h4-9H,10H2,1-3H3,(H,20,21,23). The number of nitrogens with one attached hydrogen (secondary N) is 1. The highest BCUT2D eigenvalue weighted by Gasteiger charge is 2.23. The smallest absolute Gasteiger partial charge is 0.229 e. The van der Waals surface area contributed by atoms with Crippen LogP contribution < -0.4 is 5.32 Å². The number of fused-ring (bicyclic) bond motifs is 1. The highest BCUT2D eigenvalue weighted by Crippen LogP contribution is 2.28. The lowest BCUT2D eigenvalue weighted by Gasteiger charge is -2.22. The molecule has 0 saturated heterocycles. The van der Waals surface area contributed by atoms with E-state index in [0.29, 0.717) is 11.5 Å². The average Bonchev–Trinajstić information content (AvgIpc) is 2.82. The number of nitrogens with zero attached hydrogens (tertiary/aromatic N) is 3. The lowest BCUT2D eigenvalue weighted by Crippen LogP contribution is -2.30. The second-order valence-electron chi connectivity index (χ2n) is 6.23. The van der Waals surface area contributed by atoms with E-state index in [1.54, 1.807) is 25.3 Å². The fourth-order valence-corrected chi connectivity index (χ4v) is 2.45. The van der Waals surface area contributed by atoms with E-state index in [1.807, 2.05) is 36.6 Å². The van der Waals surface area contributed by atoms with Gasteiger partial charge >= 0.3 is 0 Å². The highest BCUT2D eigenvalue weighted by molar-refractivity contribution is 5.95. The maximum Gasteiger partial charge on any atom is 0.229 e. The first kappa shape index (κ1) is 16.0. The summed E-state index contributed by atoms with van der Waals surface area (Å²) in [5, 5.41) is 12.0. The van der Waals surface area contributed by atoms with Gasteiger partial charge in [-0.2, -0.15) is 5.26 Å². The van der Waals surface area contributed by atoms with Gasteiger partial charge in [-0.1, -0.05) is 6.08 Å². The summed E-state index contributed by atoms with van der Waals surface area (Å²) >= 11 is 0. The van der Waals surface area contributed by atoms with Gasteiger partial charge in [0, 0.05) is 12.8 Å². The van der Waals surface area contributed by atoms with Crippen molar-refractivity contribution in [2.75, 3.05) is 12.4 Å². The first-order valence-electron chi connectivity index (χ1n) is 7.60. The number of rotatable bonds is 5. The average molecular weight is 322 g/mol. The Morgan fingerprint density at radius 3 is 2.79 bits per heavy atom. The molecule has 1 aliphatic rings. The van der Waals surface area contributed by atoms with Crippen LogP contribution in [0.1, 0.15) is 25.8 Å². The van der Waals surface area contributed by atoms with Crippen molar-refractivity contribution in [1.82, 2.24) is 9.55 Å². The van der Waals surface area contributed by atoms with Gasteiger partial charge in [0.15, 0.2) is 0 Å². The fourth-order valence-electron chi connectivity index (χ4n) is 2.45. The molecule has 6 nitrogen and oxygen atoms in total. The molecule has 1 aliphatic carbocycles. The van der Waals surface area contributed by atoms with Crippen LogP contribution in [-0.4, -0.2) is 28.2 Å². The minimum absolute atomic E-state index is 0.178. The molecule has 1 amide bonds. The zero-order valence-electron chi connectivity index (χ0n) is 13.8. The van der Waals surface area contributed by atoms with Gasteiger partial charge in [0.1, 0.15) is 0 Å². The van der Waals surface area contributed by atoms with Crippen molar-refractivity contribution in [3.63, 3.8) is 0 Å². The van der Waals surface area contributed by atoms with Gasteiger partial charge in [-0.05, 0) is 44.2 Å². The maximum atomic E-state index is 12.3. The van der Waals surface area contributed by atoms with Gasteiger partial charge in [-0.15, -0.1) is 0 Å². The Hall–Kier alpha value is -2.91. The van der Waals surface area contributed by atoms with Crippen molar-refractivity contribution < 1.29 is 9.53 Å². The number of carbonyl (C=O) groups is 1. The van der Waals surface area contributed by atoms with Crippen LogP contribution in [0.25, 0.3) is 16.7 Å². The van der Waals surface area contributed by atoms with Gasteiger partial charge in [0.25, 0.3) is 0 Å². The second kappa shape index (κ2) is 5.95. The number of carbonyl (C=O) groups excluding carboxylic acids is 1. The fraction of sp³-hybridized carbons (Fsp3) is 0.278. The normalized spacial score (nSPS) is 13.3. The lowest BCUT2D eigenvalue weighted by molar-refractivity contribution is -0.121. The minimum Gasteiger partial charge on any atom is -0.378 e. The predicted octanol–water partition coefficient (Wildman–Crippen LogP) is 3.07. The summed E-state index contributed by atoms with van der Waals surface area (Å²) in [7, 11) is 1.58. The lowest BCUT2D eigenvalue weighted by atomic mass is 10.1. The molecule has 0 radical (unpaired) electrons. The first-order chi connectivity index (χ1) is 11.4. The summed E-state index contributed by atoms with van der Waals surface area (Å²) in [6.07, 6.45) is 5.98. The number of hydrogen-bond acceptors (Lipinski definition) is 4. The summed E-state index contributed by atoms with van der Waals surface area (Å²) in [4.78, 5) is 16.8. The van der Waals surface area contributed by atoms with Crippen molar-refractivity contribution in [2.45, 2.75) is 25.9 Å². The van der Waals surface area contributed by atoms with E-state index >= 15 is 0 Å². The Morgan fingerprint density at radius 1 is 1.46 bits per heavy atom. The van der Waals surface area contributed by atoms with Gasteiger partial charge in [-0.25, -0.2) is 4.98 Å². The number of benzene rings is 1. The SMILES string of the molecule is COC(C)(C)CC(=O)Nc1nc2ccc(C#N)cc2n1C1=CC=C1. The largest absolute Gasteiger partial charge is 0.378 e. The molecule has 0 bridgehead atoms. The molecule has 24 heavy (non-hydrogen) atoms. The van der Waals surface area contributed by atoms with Gasteiger partial charge in [-0.3, -0.25) is 14.7 Å². The molecule has 1 aromatic heterocycles. The summed E-state index contributed by atoms with van der Waals surface area (Å²) in [5.41, 5.74) is 2.41. The predicted molar refractivity (Wildman–Crippen MR) is 92.2 cm³/mol. The third-order valence-electron chi connectivity index (χ3n) is 3.97. The van der Waals surface area contributed by atoms with E-state index in [1.165, 1.54) is 0 Å². The number of aromatic nitrogens is 2. The third-order valence-corrected chi connectivity index (χ3v) is 3.97. The van der Waals surface area contributed by atoms with Crippen molar-refractivity contribution in [3.05, 3.63) is 42.0 Å². The summed E-state index contributed by atoms with van der Waals surface area (Å²) in [6.45, 7) is 3.71. The zero-order chi connectivity index (χ0) is 17.3. The van der Waals surface area contributed by atoms with Gasteiger partial charge in [0.2, 0.25) is 11.9 Å². The van der Waals surface area contributed by atoms with Crippen molar-refractivity contribution in [1.29, 1.82) is 5.26 Å². The first-order valence-corrected chi connectivity index (χ1v) is 7.60. The molecule has 0 saturated carbocycles. The summed E-state index contributed by atoms with van der Waals surface area (Å²) in [6, 6.07) is 7.39. The van der Waals surface area contributed by atoms with Gasteiger partial charge < -0.3 is 4.74 Å². The van der Waals surface area contributed by atoms with E-state index in [2.05, 4.69) is 16.4 Å². The summed E-state index contributed by atoms with van der Waals surface area (Å²) < 4.78 is 7.14. The number of allylic oxidation sites excluding steroid dienone is 4. The number of imidazole rings is 1. The number of methoxy groups -OCH3 is 1. The number of hydrogen-bond donors (Lipinski definition) is 1. The topological polar surface area (TPSA) is 79.9 Å². The number of anilines is 1. The quantitative estimate of drug-likeness (QED) is 0.917. The molecular formula is C18H18N4O2. The van der Waals surface area contributed by atoms with Crippen molar-refractivity contribution >= 4 is 28.6 Å². The van der Waals surface area contributed by atoms with E-state index in [9.17, 15) is 4.79 Å². The van der Waals surface area contributed by atoms with E-state index in [4.69, 9.17) is 10.00 Å². The third kappa shape index (κ3) is 2.94. The Bertz CT molecular complexity index is 913. The molecule has 2 aromatic rings. The molecule has 1 heterocycles. The molecule has 122 valence electrons. The molecule has 6 heteroatoms. The number of amides is 1. The van der Waals surface area contributed by atoms with E-state index in [0.717, 1.165) is 16.7 Å². The molecule has 0 spiro atoms. The highest BCUT2D eigenvalue weighted by atomic mass is 16.5. The van der Waals surface area contributed by atoms with Crippen LogP contribution in [0, 0.1) is 11.3 Å². The van der Waals surface area contributed by atoms with Crippen LogP contribution in [0.3, 0.4) is 0 Å². The second-order valence-corrected chi connectivity index (χ2v) is 6.23. The molecule has 3 rings (SSSR count). The van der Waals surface area contributed by atoms with Gasteiger partial charge in [0.05, 0.1) is 34.7 Å². The van der Waals surface area contributed by atoms with E-state index < -0.39 is 5.60 Å².